The number of hydrogen-bond donors (Lipinski definition) is 1. The van der Waals surface area contributed by atoms with Gasteiger partial charge in [0.25, 0.3) is 0 Å². The summed E-state index contributed by atoms with van der Waals surface area (Å²) >= 11 is 1.41. The first-order valence-electron chi connectivity index (χ1n) is 10.5. The monoisotopic (exact) mass is 438 g/mol. The highest BCUT2D eigenvalue weighted by Crippen LogP contribution is 2.21. The second-order valence-electron chi connectivity index (χ2n) is 7.46. The maximum Gasteiger partial charge on any atom is 0.234 e. The molecule has 0 radical (unpaired) electrons. The van der Waals surface area contributed by atoms with E-state index < -0.39 is 0 Å². The molecule has 0 fully saturated rings. The van der Waals surface area contributed by atoms with Gasteiger partial charge in [-0.2, -0.15) is 0 Å². The Labute approximate surface area is 188 Å². The Bertz CT molecular complexity index is 1030. The van der Waals surface area contributed by atoms with Gasteiger partial charge in [-0.25, -0.2) is 0 Å². The molecular weight excluding hydrogens is 408 g/mol. The number of para-hydroxylation sites is 1. The van der Waals surface area contributed by atoms with E-state index in [1.165, 1.54) is 17.3 Å². The molecule has 1 N–H and O–H groups in total. The van der Waals surface area contributed by atoms with Crippen molar-refractivity contribution in [1.82, 2.24) is 14.8 Å². The topological polar surface area (TPSA) is 69.0 Å². The number of carbonyl (C=O) groups excluding carboxylic acids is 1. The molecular formula is C24H30N4O2S. The Balaban J connectivity index is 1.49. The van der Waals surface area contributed by atoms with E-state index >= 15 is 0 Å². The van der Waals surface area contributed by atoms with Crippen LogP contribution in [0.4, 0.5) is 5.69 Å². The fourth-order valence-electron chi connectivity index (χ4n) is 3.50. The van der Waals surface area contributed by atoms with Crippen molar-refractivity contribution in [3.05, 3.63) is 65.0 Å². The lowest BCUT2D eigenvalue weighted by molar-refractivity contribution is -0.113. The zero-order valence-electron chi connectivity index (χ0n) is 18.6. The summed E-state index contributed by atoms with van der Waals surface area (Å²) in [6.07, 6.45) is 3.67. The molecule has 0 aliphatic carbocycles. The van der Waals surface area contributed by atoms with Crippen molar-refractivity contribution in [3.8, 4) is 5.75 Å². The first kappa shape index (κ1) is 22.9. The molecule has 0 spiro atoms. The molecule has 2 aromatic carbocycles. The molecule has 3 aromatic rings. The van der Waals surface area contributed by atoms with Gasteiger partial charge in [0.2, 0.25) is 5.91 Å². The quantitative estimate of drug-likeness (QED) is 0.469. The van der Waals surface area contributed by atoms with Gasteiger partial charge in [-0.15, -0.1) is 10.2 Å². The highest BCUT2D eigenvalue weighted by atomic mass is 32.2. The minimum Gasteiger partial charge on any atom is -0.496 e. The Hall–Kier alpha value is -2.80. The van der Waals surface area contributed by atoms with Crippen LogP contribution in [0, 0.1) is 6.92 Å². The molecule has 0 saturated carbocycles. The summed E-state index contributed by atoms with van der Waals surface area (Å²) in [6.45, 7) is 4.14. The van der Waals surface area contributed by atoms with Crippen LogP contribution in [0.2, 0.25) is 0 Å². The van der Waals surface area contributed by atoms with Crippen molar-refractivity contribution in [2.24, 2.45) is 7.05 Å². The van der Waals surface area contributed by atoms with Crippen LogP contribution in [0.3, 0.4) is 0 Å². The molecule has 1 amide bonds. The third kappa shape index (κ3) is 6.10. The number of rotatable bonds is 10. The van der Waals surface area contributed by atoms with Crippen molar-refractivity contribution >= 4 is 23.4 Å². The average molecular weight is 439 g/mol. The number of nitrogens with one attached hydrogen (secondary N) is 1. The maximum absolute atomic E-state index is 12.4. The molecule has 1 aromatic heterocycles. The summed E-state index contributed by atoms with van der Waals surface area (Å²) in [5.74, 6) is 2.12. The number of hydrogen-bond acceptors (Lipinski definition) is 5. The second-order valence-corrected chi connectivity index (χ2v) is 8.41. The Kier molecular flexibility index (Phi) is 8.12. The lowest BCUT2D eigenvalue weighted by atomic mass is 10.0. The smallest absolute Gasteiger partial charge is 0.234 e. The minimum atomic E-state index is -0.0367. The van der Waals surface area contributed by atoms with Crippen molar-refractivity contribution in [2.45, 2.75) is 44.7 Å². The number of aromatic nitrogens is 3. The number of nitrogens with zero attached hydrogens (tertiary/aromatic N) is 3. The SMILES string of the molecule is CCc1ccccc1NC(=O)CSc1nnc(CCCc2ccc(OC)c(C)c2)n1C. The molecule has 0 aliphatic rings. The van der Waals surface area contributed by atoms with Gasteiger partial charge in [-0.3, -0.25) is 4.79 Å². The molecule has 31 heavy (non-hydrogen) atoms. The van der Waals surface area contributed by atoms with Gasteiger partial charge in [0, 0.05) is 19.2 Å². The van der Waals surface area contributed by atoms with Crippen molar-refractivity contribution in [2.75, 3.05) is 18.2 Å². The van der Waals surface area contributed by atoms with Gasteiger partial charge in [0.15, 0.2) is 5.16 Å². The van der Waals surface area contributed by atoms with E-state index in [2.05, 4.69) is 41.5 Å². The van der Waals surface area contributed by atoms with Crippen LogP contribution in [0.5, 0.6) is 5.75 Å². The van der Waals surface area contributed by atoms with E-state index in [4.69, 9.17) is 4.74 Å². The van der Waals surface area contributed by atoms with Crippen molar-refractivity contribution in [3.63, 3.8) is 0 Å². The van der Waals surface area contributed by atoms with E-state index in [1.807, 2.05) is 41.9 Å². The Morgan fingerprint density at radius 2 is 1.97 bits per heavy atom. The van der Waals surface area contributed by atoms with Crippen molar-refractivity contribution in [1.29, 1.82) is 0 Å². The molecule has 0 unspecified atom stereocenters. The predicted molar refractivity (Wildman–Crippen MR) is 126 cm³/mol. The lowest BCUT2D eigenvalue weighted by Crippen LogP contribution is -2.15. The molecule has 0 aliphatic heterocycles. The fraction of sp³-hybridized carbons (Fsp3) is 0.375. The van der Waals surface area contributed by atoms with Crippen LogP contribution >= 0.6 is 11.8 Å². The lowest BCUT2D eigenvalue weighted by Gasteiger charge is -2.09. The average Bonchev–Trinajstić information content (AvgIpc) is 3.12. The van der Waals surface area contributed by atoms with E-state index in [-0.39, 0.29) is 5.91 Å². The van der Waals surface area contributed by atoms with Gasteiger partial charge < -0.3 is 14.6 Å². The van der Waals surface area contributed by atoms with E-state index in [1.54, 1.807) is 7.11 Å². The summed E-state index contributed by atoms with van der Waals surface area (Å²) in [5.41, 5.74) is 4.45. The normalized spacial score (nSPS) is 10.8. The number of thioether (sulfide) groups is 1. The Morgan fingerprint density at radius 1 is 1.16 bits per heavy atom. The van der Waals surface area contributed by atoms with E-state index in [0.29, 0.717) is 5.75 Å². The number of benzene rings is 2. The molecule has 6 nitrogen and oxygen atoms in total. The van der Waals surface area contributed by atoms with Crippen LogP contribution in [0.25, 0.3) is 0 Å². The van der Waals surface area contributed by atoms with Crippen LogP contribution in [-0.2, 0) is 31.1 Å². The summed E-state index contributed by atoms with van der Waals surface area (Å²) in [5, 5.41) is 12.3. The Morgan fingerprint density at radius 3 is 2.71 bits per heavy atom. The van der Waals surface area contributed by atoms with E-state index in [0.717, 1.165) is 59.2 Å². The molecule has 3 rings (SSSR count). The van der Waals surface area contributed by atoms with Crippen LogP contribution in [-0.4, -0.2) is 33.5 Å². The highest BCUT2D eigenvalue weighted by molar-refractivity contribution is 7.99. The van der Waals surface area contributed by atoms with Gasteiger partial charge in [-0.1, -0.05) is 49.0 Å². The fourth-order valence-corrected chi connectivity index (χ4v) is 4.23. The second kappa shape index (κ2) is 11.0. The zero-order valence-corrected chi connectivity index (χ0v) is 19.5. The summed E-state index contributed by atoms with van der Waals surface area (Å²) in [4.78, 5) is 12.4. The van der Waals surface area contributed by atoms with Gasteiger partial charge in [0.05, 0.1) is 12.9 Å². The molecule has 0 saturated heterocycles. The summed E-state index contributed by atoms with van der Waals surface area (Å²) in [7, 11) is 3.65. The standard InChI is InChI=1S/C24H30N4O2S/c1-5-19-10-6-7-11-20(19)25-23(29)16-31-24-27-26-22(28(24)3)12-8-9-18-13-14-21(30-4)17(2)15-18/h6-7,10-11,13-15H,5,8-9,12,16H2,1-4H3,(H,25,29). The van der Waals surface area contributed by atoms with Gasteiger partial charge >= 0.3 is 0 Å². The molecule has 164 valence electrons. The van der Waals surface area contributed by atoms with Crippen molar-refractivity contribution < 1.29 is 9.53 Å². The largest absolute Gasteiger partial charge is 0.496 e. The third-order valence-electron chi connectivity index (χ3n) is 5.25. The molecule has 1 heterocycles. The number of ether oxygens (including phenoxy) is 1. The maximum atomic E-state index is 12.4. The van der Waals surface area contributed by atoms with Gasteiger partial charge in [-0.05, 0) is 55.0 Å². The number of amides is 1. The van der Waals surface area contributed by atoms with Gasteiger partial charge in [0.1, 0.15) is 11.6 Å². The number of carbonyl (C=O) groups is 1. The van der Waals surface area contributed by atoms with Crippen LogP contribution in [0.15, 0.2) is 47.6 Å². The van der Waals surface area contributed by atoms with Crippen LogP contribution < -0.4 is 10.1 Å². The number of methoxy groups -OCH3 is 1. The first-order valence-corrected chi connectivity index (χ1v) is 11.5. The number of aryl methyl sites for hydroxylation is 4. The van der Waals surface area contributed by atoms with E-state index in [9.17, 15) is 4.79 Å². The predicted octanol–water partition coefficient (Wildman–Crippen LogP) is 4.60. The zero-order chi connectivity index (χ0) is 22.2. The van der Waals surface area contributed by atoms with Crippen LogP contribution in [0.1, 0.15) is 35.9 Å². The molecule has 7 heteroatoms. The third-order valence-corrected chi connectivity index (χ3v) is 6.28. The first-order chi connectivity index (χ1) is 15.0. The summed E-state index contributed by atoms with van der Waals surface area (Å²) < 4.78 is 7.31. The number of anilines is 1. The highest BCUT2D eigenvalue weighted by Gasteiger charge is 2.12. The minimum absolute atomic E-state index is 0.0367. The summed E-state index contributed by atoms with van der Waals surface area (Å²) in [6, 6.07) is 14.2. The molecule has 0 bridgehead atoms. The molecule has 0 atom stereocenters.